The molecule has 0 bridgehead atoms. The van der Waals surface area contributed by atoms with Gasteiger partial charge in [-0.05, 0) is 30.3 Å². The van der Waals surface area contributed by atoms with Crippen LogP contribution in [0.1, 0.15) is 5.56 Å². The molecule has 1 N–H and O–H groups in total. The van der Waals surface area contributed by atoms with E-state index in [1.807, 2.05) is 6.07 Å². The fourth-order valence-corrected chi connectivity index (χ4v) is 2.05. The molecule has 0 aliphatic rings. The summed E-state index contributed by atoms with van der Waals surface area (Å²) < 4.78 is 13.9. The fourth-order valence-electron chi connectivity index (χ4n) is 2.05. The first-order chi connectivity index (χ1) is 9.29. The van der Waals surface area contributed by atoms with Crippen molar-refractivity contribution in [3.63, 3.8) is 0 Å². The third-order valence-corrected chi connectivity index (χ3v) is 2.96. The van der Waals surface area contributed by atoms with E-state index in [1.54, 1.807) is 36.5 Å². The number of aliphatic hydroxyl groups is 1. The number of pyridine rings is 2. The Balaban J connectivity index is 2.31. The van der Waals surface area contributed by atoms with E-state index in [9.17, 15) is 9.50 Å². The van der Waals surface area contributed by atoms with E-state index in [0.29, 0.717) is 27.9 Å². The predicted octanol–water partition coefficient (Wildman–Crippen LogP) is 2.93. The van der Waals surface area contributed by atoms with Crippen molar-refractivity contribution in [2.45, 2.75) is 6.61 Å². The maximum atomic E-state index is 13.9. The number of fused-ring (bicyclic) bond motifs is 1. The first kappa shape index (κ1) is 11.7. The van der Waals surface area contributed by atoms with E-state index < -0.39 is 0 Å². The highest BCUT2D eigenvalue weighted by Crippen LogP contribution is 2.26. The van der Waals surface area contributed by atoms with Crippen molar-refractivity contribution in [1.29, 1.82) is 0 Å². The second kappa shape index (κ2) is 4.74. The van der Waals surface area contributed by atoms with Crippen LogP contribution in [-0.2, 0) is 6.61 Å². The zero-order chi connectivity index (χ0) is 13.2. The van der Waals surface area contributed by atoms with E-state index in [0.717, 1.165) is 0 Å². The van der Waals surface area contributed by atoms with Gasteiger partial charge in [0.1, 0.15) is 5.82 Å². The summed E-state index contributed by atoms with van der Waals surface area (Å²) in [5.74, 6) is -0.354. The lowest BCUT2D eigenvalue weighted by Crippen LogP contribution is -1.97. The highest BCUT2D eigenvalue weighted by molar-refractivity contribution is 5.80. The van der Waals surface area contributed by atoms with Crippen molar-refractivity contribution in [1.82, 2.24) is 9.97 Å². The highest BCUT2D eigenvalue weighted by atomic mass is 19.1. The summed E-state index contributed by atoms with van der Waals surface area (Å²) in [4.78, 5) is 8.59. The van der Waals surface area contributed by atoms with E-state index in [-0.39, 0.29) is 12.4 Å². The molecule has 0 aliphatic heterocycles. The number of hydrogen-bond acceptors (Lipinski definition) is 3. The van der Waals surface area contributed by atoms with Crippen LogP contribution in [0.2, 0.25) is 0 Å². The monoisotopic (exact) mass is 254 g/mol. The van der Waals surface area contributed by atoms with Gasteiger partial charge in [-0.1, -0.05) is 12.1 Å². The Bertz CT molecular complexity index is 743. The molecular weight excluding hydrogens is 243 g/mol. The Hall–Kier alpha value is -2.33. The fraction of sp³-hybridized carbons (Fsp3) is 0.0667. The third kappa shape index (κ3) is 2.06. The number of hydrogen-bond donors (Lipinski definition) is 1. The quantitative estimate of drug-likeness (QED) is 0.764. The van der Waals surface area contributed by atoms with Gasteiger partial charge in [-0.3, -0.25) is 4.98 Å². The summed E-state index contributed by atoms with van der Waals surface area (Å²) in [6.07, 6.45) is 1.66. The molecule has 0 spiro atoms. The number of rotatable bonds is 2. The first-order valence-electron chi connectivity index (χ1n) is 5.90. The molecule has 1 aromatic carbocycles. The number of benzene rings is 1. The third-order valence-electron chi connectivity index (χ3n) is 2.96. The summed E-state index contributed by atoms with van der Waals surface area (Å²) in [5, 5.41) is 9.44. The molecular formula is C15H11FN2O. The van der Waals surface area contributed by atoms with Gasteiger partial charge in [0, 0.05) is 17.3 Å². The average molecular weight is 254 g/mol. The SMILES string of the molecule is OCc1cc2ncccc2nc1-c1ccccc1F. The van der Waals surface area contributed by atoms with Gasteiger partial charge in [-0.15, -0.1) is 0 Å². The van der Waals surface area contributed by atoms with Crippen molar-refractivity contribution in [3.8, 4) is 11.3 Å². The number of nitrogens with zero attached hydrogens (tertiary/aromatic N) is 2. The van der Waals surface area contributed by atoms with Gasteiger partial charge >= 0.3 is 0 Å². The zero-order valence-corrected chi connectivity index (χ0v) is 10.0. The Morgan fingerprint density at radius 2 is 1.89 bits per heavy atom. The number of halogens is 1. The Morgan fingerprint density at radius 1 is 1.05 bits per heavy atom. The molecule has 2 heterocycles. The molecule has 0 radical (unpaired) electrons. The van der Waals surface area contributed by atoms with Crippen LogP contribution in [0.5, 0.6) is 0 Å². The van der Waals surface area contributed by atoms with Gasteiger partial charge in [0.25, 0.3) is 0 Å². The van der Waals surface area contributed by atoms with Gasteiger partial charge in [0.05, 0.1) is 23.3 Å². The first-order valence-corrected chi connectivity index (χ1v) is 5.90. The summed E-state index contributed by atoms with van der Waals surface area (Å²) in [7, 11) is 0. The van der Waals surface area contributed by atoms with Crippen LogP contribution in [0.3, 0.4) is 0 Å². The Morgan fingerprint density at radius 3 is 2.68 bits per heavy atom. The molecule has 19 heavy (non-hydrogen) atoms. The smallest absolute Gasteiger partial charge is 0.132 e. The summed E-state index contributed by atoms with van der Waals surface area (Å²) >= 11 is 0. The topological polar surface area (TPSA) is 46.0 Å². The predicted molar refractivity (Wildman–Crippen MR) is 70.9 cm³/mol. The van der Waals surface area contributed by atoms with Crippen LogP contribution in [0.15, 0.2) is 48.7 Å². The van der Waals surface area contributed by atoms with Crippen LogP contribution in [0.25, 0.3) is 22.3 Å². The second-order valence-corrected chi connectivity index (χ2v) is 4.18. The van der Waals surface area contributed by atoms with E-state index in [2.05, 4.69) is 9.97 Å². The Kier molecular flexibility index (Phi) is 2.93. The largest absolute Gasteiger partial charge is 0.392 e. The summed E-state index contributed by atoms with van der Waals surface area (Å²) in [6, 6.07) is 11.7. The van der Waals surface area contributed by atoms with Crippen LogP contribution >= 0.6 is 0 Å². The molecule has 3 aromatic rings. The van der Waals surface area contributed by atoms with E-state index in [4.69, 9.17) is 0 Å². The second-order valence-electron chi connectivity index (χ2n) is 4.18. The standard InChI is InChI=1S/C15H11FN2O/c16-12-5-2-1-4-11(12)15-10(9-19)8-14-13(18-15)6-3-7-17-14/h1-8,19H,9H2. The molecule has 3 nitrogen and oxygen atoms in total. The van der Waals surface area contributed by atoms with Crippen molar-refractivity contribution < 1.29 is 9.50 Å². The number of aromatic nitrogens is 2. The van der Waals surface area contributed by atoms with Crippen LogP contribution < -0.4 is 0 Å². The molecule has 0 fully saturated rings. The van der Waals surface area contributed by atoms with Crippen LogP contribution in [0, 0.1) is 5.82 Å². The van der Waals surface area contributed by atoms with E-state index in [1.165, 1.54) is 6.07 Å². The van der Waals surface area contributed by atoms with Crippen molar-refractivity contribution >= 4 is 11.0 Å². The molecule has 0 atom stereocenters. The minimum absolute atomic E-state index is 0.205. The minimum Gasteiger partial charge on any atom is -0.392 e. The van der Waals surface area contributed by atoms with Gasteiger partial charge in [0.2, 0.25) is 0 Å². The molecule has 0 saturated heterocycles. The van der Waals surface area contributed by atoms with Gasteiger partial charge < -0.3 is 5.11 Å². The van der Waals surface area contributed by atoms with Crippen molar-refractivity contribution in [2.24, 2.45) is 0 Å². The maximum absolute atomic E-state index is 13.9. The lowest BCUT2D eigenvalue weighted by molar-refractivity contribution is 0.282. The van der Waals surface area contributed by atoms with Gasteiger partial charge in [-0.2, -0.15) is 0 Å². The average Bonchev–Trinajstić information content (AvgIpc) is 2.46. The lowest BCUT2D eigenvalue weighted by Gasteiger charge is -2.09. The molecule has 2 aromatic heterocycles. The molecule has 0 unspecified atom stereocenters. The molecule has 0 aliphatic carbocycles. The van der Waals surface area contributed by atoms with Gasteiger partial charge in [0.15, 0.2) is 0 Å². The van der Waals surface area contributed by atoms with Gasteiger partial charge in [-0.25, -0.2) is 9.37 Å². The number of aliphatic hydroxyl groups excluding tert-OH is 1. The molecule has 94 valence electrons. The summed E-state index contributed by atoms with van der Waals surface area (Å²) in [6.45, 7) is -0.205. The zero-order valence-electron chi connectivity index (χ0n) is 10.0. The lowest BCUT2D eigenvalue weighted by atomic mass is 10.0. The minimum atomic E-state index is -0.354. The molecule has 0 amide bonds. The van der Waals surface area contributed by atoms with E-state index >= 15 is 0 Å². The molecule has 0 saturated carbocycles. The summed E-state index contributed by atoms with van der Waals surface area (Å²) in [5.41, 5.74) is 2.78. The van der Waals surface area contributed by atoms with Crippen LogP contribution in [0.4, 0.5) is 4.39 Å². The maximum Gasteiger partial charge on any atom is 0.132 e. The molecule has 4 heteroatoms. The van der Waals surface area contributed by atoms with Crippen molar-refractivity contribution in [3.05, 3.63) is 60.0 Å². The normalized spacial score (nSPS) is 10.8. The van der Waals surface area contributed by atoms with Crippen LogP contribution in [-0.4, -0.2) is 15.1 Å². The molecule has 3 rings (SSSR count). The van der Waals surface area contributed by atoms with Crippen molar-refractivity contribution in [2.75, 3.05) is 0 Å². The highest BCUT2D eigenvalue weighted by Gasteiger charge is 2.12. The Labute approximate surface area is 109 Å².